The van der Waals surface area contributed by atoms with E-state index in [-0.39, 0.29) is 23.3 Å². The number of hydrogen-bond donors (Lipinski definition) is 2. The van der Waals surface area contributed by atoms with E-state index in [0.29, 0.717) is 6.54 Å². The summed E-state index contributed by atoms with van der Waals surface area (Å²) in [6.45, 7) is 2.40. The van der Waals surface area contributed by atoms with E-state index in [9.17, 15) is 9.59 Å². The van der Waals surface area contributed by atoms with Gasteiger partial charge in [0, 0.05) is 12.2 Å². The largest absolute Gasteiger partial charge is 0.457 e. The molecule has 0 aliphatic carbocycles. The summed E-state index contributed by atoms with van der Waals surface area (Å²) in [5.41, 5.74) is 2.84. The maximum Gasteiger partial charge on any atom is 0.234 e. The predicted octanol–water partition coefficient (Wildman–Crippen LogP) is 4.78. The van der Waals surface area contributed by atoms with Crippen LogP contribution in [0.2, 0.25) is 0 Å². The highest BCUT2D eigenvalue weighted by Crippen LogP contribution is 2.21. The van der Waals surface area contributed by atoms with Crippen molar-refractivity contribution in [2.45, 2.75) is 13.5 Å². The normalized spacial score (nSPS) is 10.3. The fourth-order valence-corrected chi connectivity index (χ4v) is 3.31. The van der Waals surface area contributed by atoms with Crippen LogP contribution in [0.1, 0.15) is 11.1 Å². The summed E-state index contributed by atoms with van der Waals surface area (Å²) in [6.07, 6.45) is 0. The standard InChI is InChI=1S/C24H24N2O3S/c1-18-10-12-20(13-11-18)26-24(28)17-30-16-23(27)25-15-19-6-5-9-22(14-19)29-21-7-3-2-4-8-21/h2-14H,15-17H2,1H3,(H,25,27)(H,26,28). The molecule has 6 heteroatoms. The molecule has 3 rings (SSSR count). The molecule has 0 heterocycles. The number of amides is 2. The minimum absolute atomic E-state index is 0.113. The number of carbonyl (C=O) groups excluding carboxylic acids is 2. The van der Waals surface area contributed by atoms with E-state index in [1.807, 2.05) is 85.8 Å². The molecular weight excluding hydrogens is 396 g/mol. The molecule has 0 aromatic heterocycles. The zero-order valence-electron chi connectivity index (χ0n) is 16.8. The molecule has 2 amide bonds. The van der Waals surface area contributed by atoms with Crippen molar-refractivity contribution in [3.05, 3.63) is 90.0 Å². The summed E-state index contributed by atoms with van der Waals surface area (Å²) in [7, 11) is 0. The molecule has 0 saturated heterocycles. The Kier molecular flexibility index (Phi) is 7.92. The maximum atomic E-state index is 12.1. The van der Waals surface area contributed by atoms with E-state index in [2.05, 4.69) is 10.6 Å². The van der Waals surface area contributed by atoms with Gasteiger partial charge < -0.3 is 15.4 Å². The third kappa shape index (κ3) is 7.29. The zero-order valence-corrected chi connectivity index (χ0v) is 17.6. The molecular formula is C24H24N2O3S. The number of benzene rings is 3. The van der Waals surface area contributed by atoms with Crippen LogP contribution in [0.15, 0.2) is 78.9 Å². The molecule has 0 aliphatic rings. The Hall–Kier alpha value is -3.25. The summed E-state index contributed by atoms with van der Waals surface area (Å²) in [6, 6.07) is 24.7. The Labute approximate surface area is 180 Å². The molecule has 2 N–H and O–H groups in total. The molecule has 5 nitrogen and oxygen atoms in total. The van der Waals surface area contributed by atoms with Gasteiger partial charge >= 0.3 is 0 Å². The first-order chi connectivity index (χ1) is 14.6. The van der Waals surface area contributed by atoms with E-state index < -0.39 is 0 Å². The van der Waals surface area contributed by atoms with Crippen molar-refractivity contribution in [3.63, 3.8) is 0 Å². The van der Waals surface area contributed by atoms with Gasteiger partial charge in [0.15, 0.2) is 0 Å². The minimum Gasteiger partial charge on any atom is -0.457 e. The van der Waals surface area contributed by atoms with Crippen LogP contribution in [0, 0.1) is 6.92 Å². The summed E-state index contributed by atoms with van der Waals surface area (Å²) in [5, 5.41) is 5.69. The van der Waals surface area contributed by atoms with Crippen molar-refractivity contribution in [1.29, 1.82) is 0 Å². The Morgan fingerprint density at radius 2 is 1.53 bits per heavy atom. The highest BCUT2D eigenvalue weighted by atomic mass is 32.2. The lowest BCUT2D eigenvalue weighted by Gasteiger charge is -2.09. The zero-order chi connectivity index (χ0) is 21.2. The molecule has 0 saturated carbocycles. The van der Waals surface area contributed by atoms with Crippen LogP contribution in [0.25, 0.3) is 0 Å². The van der Waals surface area contributed by atoms with Crippen molar-refractivity contribution in [3.8, 4) is 11.5 Å². The van der Waals surface area contributed by atoms with Gasteiger partial charge in [-0.15, -0.1) is 11.8 Å². The topological polar surface area (TPSA) is 67.4 Å². The van der Waals surface area contributed by atoms with Gasteiger partial charge in [-0.05, 0) is 48.9 Å². The van der Waals surface area contributed by atoms with Gasteiger partial charge in [0.05, 0.1) is 11.5 Å². The fourth-order valence-electron chi connectivity index (χ4n) is 2.67. The Balaban J connectivity index is 1.37. The third-order valence-corrected chi connectivity index (χ3v) is 5.10. The third-order valence-electron chi connectivity index (χ3n) is 4.17. The monoisotopic (exact) mass is 420 g/mol. The molecule has 0 radical (unpaired) electrons. The molecule has 3 aromatic rings. The number of hydrogen-bond acceptors (Lipinski definition) is 4. The number of rotatable bonds is 9. The first-order valence-corrected chi connectivity index (χ1v) is 10.8. The second-order valence-electron chi connectivity index (χ2n) is 6.75. The van der Waals surface area contributed by atoms with Crippen molar-refractivity contribution in [2.24, 2.45) is 0 Å². The number of nitrogens with one attached hydrogen (secondary N) is 2. The highest BCUT2D eigenvalue weighted by molar-refractivity contribution is 8.00. The van der Waals surface area contributed by atoms with Crippen LogP contribution in [0.4, 0.5) is 5.69 Å². The second kappa shape index (κ2) is 11.1. The first-order valence-electron chi connectivity index (χ1n) is 9.61. The van der Waals surface area contributed by atoms with Gasteiger partial charge in [0.2, 0.25) is 11.8 Å². The smallest absolute Gasteiger partial charge is 0.234 e. The van der Waals surface area contributed by atoms with E-state index >= 15 is 0 Å². The average Bonchev–Trinajstić information content (AvgIpc) is 2.75. The highest BCUT2D eigenvalue weighted by Gasteiger charge is 2.07. The van der Waals surface area contributed by atoms with Crippen molar-refractivity contribution < 1.29 is 14.3 Å². The lowest BCUT2D eigenvalue weighted by Crippen LogP contribution is -2.25. The van der Waals surface area contributed by atoms with E-state index in [1.165, 1.54) is 11.8 Å². The van der Waals surface area contributed by atoms with Crippen LogP contribution in [0.3, 0.4) is 0 Å². The Morgan fingerprint density at radius 1 is 0.833 bits per heavy atom. The van der Waals surface area contributed by atoms with Gasteiger partial charge in [0.1, 0.15) is 11.5 Å². The quantitative estimate of drug-likeness (QED) is 0.523. The summed E-state index contributed by atoms with van der Waals surface area (Å²) < 4.78 is 5.81. The molecule has 0 atom stereocenters. The second-order valence-corrected chi connectivity index (χ2v) is 7.73. The average molecular weight is 421 g/mol. The fraction of sp³-hybridized carbons (Fsp3) is 0.167. The number of thioether (sulfide) groups is 1. The number of carbonyl (C=O) groups is 2. The van der Waals surface area contributed by atoms with Crippen molar-refractivity contribution in [2.75, 3.05) is 16.8 Å². The molecule has 0 fully saturated rings. The summed E-state index contributed by atoms with van der Waals surface area (Å²) in [5.74, 6) is 1.69. The maximum absolute atomic E-state index is 12.1. The Morgan fingerprint density at radius 3 is 2.30 bits per heavy atom. The van der Waals surface area contributed by atoms with Gasteiger partial charge in [-0.3, -0.25) is 9.59 Å². The number of aryl methyl sites for hydroxylation is 1. The minimum atomic E-state index is -0.123. The van der Waals surface area contributed by atoms with E-state index in [4.69, 9.17) is 4.74 Å². The molecule has 0 unspecified atom stereocenters. The van der Waals surface area contributed by atoms with E-state index in [1.54, 1.807) is 0 Å². The first kappa shape index (κ1) is 21.5. The lowest BCUT2D eigenvalue weighted by molar-refractivity contribution is -0.118. The predicted molar refractivity (Wildman–Crippen MR) is 122 cm³/mol. The lowest BCUT2D eigenvalue weighted by atomic mass is 10.2. The van der Waals surface area contributed by atoms with Gasteiger partial charge in [-0.1, -0.05) is 48.0 Å². The van der Waals surface area contributed by atoms with Gasteiger partial charge in [-0.2, -0.15) is 0 Å². The number of anilines is 1. The van der Waals surface area contributed by atoms with Crippen molar-refractivity contribution in [1.82, 2.24) is 5.32 Å². The van der Waals surface area contributed by atoms with Gasteiger partial charge in [-0.25, -0.2) is 0 Å². The van der Waals surface area contributed by atoms with Crippen LogP contribution in [0.5, 0.6) is 11.5 Å². The molecule has 0 aliphatic heterocycles. The molecule has 3 aromatic carbocycles. The molecule has 154 valence electrons. The van der Waals surface area contributed by atoms with Crippen LogP contribution >= 0.6 is 11.8 Å². The summed E-state index contributed by atoms with van der Waals surface area (Å²) in [4.78, 5) is 24.0. The van der Waals surface area contributed by atoms with E-state index in [0.717, 1.165) is 28.3 Å². The Bertz CT molecular complexity index is 975. The summed E-state index contributed by atoms with van der Waals surface area (Å²) >= 11 is 1.28. The van der Waals surface area contributed by atoms with Crippen LogP contribution < -0.4 is 15.4 Å². The molecule has 30 heavy (non-hydrogen) atoms. The molecule has 0 bridgehead atoms. The van der Waals surface area contributed by atoms with Crippen molar-refractivity contribution >= 4 is 29.3 Å². The molecule has 0 spiro atoms. The van der Waals surface area contributed by atoms with Crippen LogP contribution in [-0.2, 0) is 16.1 Å². The number of para-hydroxylation sites is 1. The number of ether oxygens (including phenoxy) is 1. The SMILES string of the molecule is Cc1ccc(NC(=O)CSCC(=O)NCc2cccc(Oc3ccccc3)c2)cc1. The van der Waals surface area contributed by atoms with Crippen LogP contribution in [-0.4, -0.2) is 23.3 Å². The van der Waals surface area contributed by atoms with Gasteiger partial charge in [0.25, 0.3) is 0 Å².